The minimum Gasteiger partial charge on any atom is -0.308 e. The Morgan fingerprint density at radius 2 is 0.911 bits per heavy atom. The molecule has 0 unspecified atom stereocenters. The molecule has 0 bridgehead atoms. The Balaban J connectivity index is 1.07. The Hall–Kier alpha value is -6.09. The van der Waals surface area contributed by atoms with Gasteiger partial charge in [0.15, 0.2) is 0 Å². The SMILES string of the molecule is CC1(C)c2ccccc2-c2ccc(N3c4ccc(-c5ccc6c7ccccc7c7ccccc7c6c5)cc4Sc4c3ccc3c4C(C)(C)c4ccccc4-3)cc21. The van der Waals surface area contributed by atoms with Crippen molar-refractivity contribution in [3.05, 3.63) is 186 Å². The monoisotopic (exact) mass is 733 g/mol. The highest BCUT2D eigenvalue weighted by Gasteiger charge is 2.41. The van der Waals surface area contributed by atoms with Gasteiger partial charge in [0, 0.05) is 26.3 Å². The quantitative estimate of drug-likeness (QED) is 0.163. The first-order chi connectivity index (χ1) is 27.3. The second-order valence-corrected chi connectivity index (χ2v) is 17.9. The second kappa shape index (κ2) is 11.2. The summed E-state index contributed by atoms with van der Waals surface area (Å²) >= 11 is 1.95. The fourth-order valence-electron chi connectivity index (χ4n) is 10.5. The van der Waals surface area contributed by atoms with Crippen LogP contribution in [0.25, 0.3) is 65.7 Å². The van der Waals surface area contributed by atoms with E-state index in [0.29, 0.717) is 0 Å². The summed E-state index contributed by atoms with van der Waals surface area (Å²) in [5.74, 6) is 0. The first-order valence-corrected chi connectivity index (χ1v) is 20.6. The molecule has 56 heavy (non-hydrogen) atoms. The van der Waals surface area contributed by atoms with Crippen LogP contribution in [0.3, 0.4) is 0 Å². The molecule has 0 saturated heterocycles. The number of hydrogen-bond acceptors (Lipinski definition) is 2. The largest absolute Gasteiger partial charge is 0.308 e. The third kappa shape index (κ3) is 4.23. The van der Waals surface area contributed by atoms with E-state index in [0.717, 1.165) is 0 Å². The van der Waals surface area contributed by atoms with Crippen molar-refractivity contribution in [2.24, 2.45) is 0 Å². The van der Waals surface area contributed by atoms with Crippen molar-refractivity contribution in [1.29, 1.82) is 0 Å². The smallest absolute Gasteiger partial charge is 0.0605 e. The van der Waals surface area contributed by atoms with Crippen molar-refractivity contribution in [2.75, 3.05) is 4.90 Å². The minimum absolute atomic E-state index is 0.0882. The molecule has 1 aliphatic heterocycles. The lowest BCUT2D eigenvalue weighted by atomic mass is 9.82. The van der Waals surface area contributed by atoms with Crippen LogP contribution in [0.5, 0.6) is 0 Å². The van der Waals surface area contributed by atoms with E-state index in [4.69, 9.17) is 0 Å². The fraction of sp³-hybridized carbons (Fsp3) is 0.111. The third-order valence-corrected chi connectivity index (χ3v) is 14.4. The summed E-state index contributed by atoms with van der Waals surface area (Å²) in [6.45, 7) is 9.58. The molecular weight excluding hydrogens is 695 g/mol. The summed E-state index contributed by atoms with van der Waals surface area (Å²) in [6, 6.07) is 61.8. The highest BCUT2D eigenvalue weighted by atomic mass is 32.2. The number of benzene rings is 9. The molecule has 0 aromatic heterocycles. The van der Waals surface area contributed by atoms with Gasteiger partial charge in [0.05, 0.1) is 11.4 Å². The second-order valence-electron chi connectivity index (χ2n) is 16.9. The van der Waals surface area contributed by atoms with E-state index in [1.807, 2.05) is 11.8 Å². The zero-order valence-corrected chi connectivity index (χ0v) is 32.8. The first-order valence-electron chi connectivity index (χ1n) is 19.8. The van der Waals surface area contributed by atoms with Gasteiger partial charge in [-0.3, -0.25) is 0 Å². The highest BCUT2D eigenvalue weighted by Crippen LogP contribution is 2.61. The number of anilines is 3. The molecule has 0 atom stereocenters. The van der Waals surface area contributed by atoms with Crippen LogP contribution in [-0.2, 0) is 10.8 Å². The number of nitrogens with zero attached hydrogens (tertiary/aromatic N) is 1. The van der Waals surface area contributed by atoms with E-state index in [1.54, 1.807) is 0 Å². The normalized spacial score (nSPS) is 15.3. The van der Waals surface area contributed by atoms with Crippen molar-refractivity contribution < 1.29 is 0 Å². The van der Waals surface area contributed by atoms with Crippen molar-refractivity contribution in [3.63, 3.8) is 0 Å². The number of fused-ring (bicyclic) bond motifs is 15. The third-order valence-electron chi connectivity index (χ3n) is 13.2. The maximum Gasteiger partial charge on any atom is 0.0605 e. The molecule has 2 aliphatic carbocycles. The predicted octanol–water partition coefficient (Wildman–Crippen LogP) is 15.4. The van der Waals surface area contributed by atoms with Crippen LogP contribution >= 0.6 is 11.8 Å². The van der Waals surface area contributed by atoms with Gasteiger partial charge in [-0.1, -0.05) is 167 Å². The topological polar surface area (TPSA) is 3.24 Å². The van der Waals surface area contributed by atoms with E-state index in [-0.39, 0.29) is 10.8 Å². The molecule has 1 nitrogen and oxygen atoms in total. The van der Waals surface area contributed by atoms with Gasteiger partial charge in [0.25, 0.3) is 0 Å². The summed E-state index contributed by atoms with van der Waals surface area (Å²) in [5.41, 5.74) is 17.0. The van der Waals surface area contributed by atoms with Gasteiger partial charge in [-0.15, -0.1) is 0 Å². The van der Waals surface area contributed by atoms with Crippen LogP contribution in [0.1, 0.15) is 49.9 Å². The van der Waals surface area contributed by atoms with Crippen LogP contribution < -0.4 is 4.90 Å². The maximum absolute atomic E-state index is 2.55. The lowest BCUT2D eigenvalue weighted by Crippen LogP contribution is -2.21. The lowest BCUT2D eigenvalue weighted by Gasteiger charge is -2.37. The van der Waals surface area contributed by atoms with Gasteiger partial charge in [-0.25, -0.2) is 0 Å². The van der Waals surface area contributed by atoms with Crippen molar-refractivity contribution in [3.8, 4) is 33.4 Å². The van der Waals surface area contributed by atoms with Gasteiger partial charge in [0.2, 0.25) is 0 Å². The Bertz CT molecular complexity index is 3150. The standard InChI is InChI=1S/C54H39NS/c1-53(2)45-19-11-9-17-40(45)42-25-23-34(31-47(42)53)55-48-27-22-33(32-21-24-39-37-15-6-5-13-35(37)36-14-7-8-16-38(36)44(39)29-32)30-50(48)56-52-49(55)28-26-43-41-18-10-12-20-46(41)54(3,4)51(43)52/h5-31H,1-4H3. The minimum atomic E-state index is -0.130. The van der Waals surface area contributed by atoms with E-state index in [9.17, 15) is 0 Å². The summed E-state index contributed by atoms with van der Waals surface area (Å²) in [6.07, 6.45) is 0. The number of rotatable bonds is 2. The maximum atomic E-state index is 2.55. The number of hydrogen-bond donors (Lipinski definition) is 0. The van der Waals surface area contributed by atoms with Crippen molar-refractivity contribution in [1.82, 2.24) is 0 Å². The molecule has 0 radical (unpaired) electrons. The van der Waals surface area contributed by atoms with Crippen molar-refractivity contribution >= 4 is 61.1 Å². The van der Waals surface area contributed by atoms with E-state index < -0.39 is 0 Å². The molecule has 1 heterocycles. The summed E-state index contributed by atoms with van der Waals surface area (Å²) in [4.78, 5) is 5.18. The van der Waals surface area contributed by atoms with Crippen LogP contribution in [0.2, 0.25) is 0 Å². The Morgan fingerprint density at radius 1 is 0.393 bits per heavy atom. The summed E-state index contributed by atoms with van der Waals surface area (Å²) in [5, 5.41) is 7.82. The van der Waals surface area contributed by atoms with Gasteiger partial charge >= 0.3 is 0 Å². The molecule has 12 rings (SSSR count). The van der Waals surface area contributed by atoms with Crippen LogP contribution in [0, 0.1) is 0 Å². The first kappa shape index (κ1) is 32.2. The molecule has 3 aliphatic rings. The zero-order chi connectivity index (χ0) is 37.5. The van der Waals surface area contributed by atoms with Gasteiger partial charge in [0.1, 0.15) is 0 Å². The summed E-state index contributed by atoms with van der Waals surface area (Å²) < 4.78 is 0. The van der Waals surface area contributed by atoms with Gasteiger partial charge in [-0.2, -0.15) is 0 Å². The molecule has 9 aromatic carbocycles. The highest BCUT2D eigenvalue weighted by molar-refractivity contribution is 7.99. The van der Waals surface area contributed by atoms with Crippen LogP contribution in [0.15, 0.2) is 174 Å². The predicted molar refractivity (Wildman–Crippen MR) is 238 cm³/mol. The Labute approximate surface area is 332 Å². The molecule has 0 saturated carbocycles. The zero-order valence-electron chi connectivity index (χ0n) is 31.9. The van der Waals surface area contributed by atoms with Gasteiger partial charge < -0.3 is 4.90 Å². The average molecular weight is 734 g/mol. The molecule has 0 fully saturated rings. The van der Waals surface area contributed by atoms with Crippen LogP contribution in [-0.4, -0.2) is 0 Å². The van der Waals surface area contributed by atoms with E-state index in [1.165, 1.54) is 115 Å². The molecule has 266 valence electrons. The van der Waals surface area contributed by atoms with E-state index in [2.05, 4.69) is 196 Å². The molecule has 0 N–H and O–H groups in total. The summed E-state index contributed by atoms with van der Waals surface area (Å²) in [7, 11) is 0. The fourth-order valence-corrected chi connectivity index (χ4v) is 11.9. The van der Waals surface area contributed by atoms with E-state index >= 15 is 0 Å². The molecule has 9 aromatic rings. The average Bonchev–Trinajstić information content (AvgIpc) is 3.62. The van der Waals surface area contributed by atoms with Gasteiger partial charge in [-0.05, 0) is 124 Å². The van der Waals surface area contributed by atoms with Crippen LogP contribution in [0.4, 0.5) is 17.1 Å². The Kier molecular flexibility index (Phi) is 6.46. The lowest BCUT2D eigenvalue weighted by molar-refractivity contribution is 0.647. The molecule has 0 spiro atoms. The van der Waals surface area contributed by atoms with Crippen molar-refractivity contribution in [2.45, 2.75) is 48.3 Å². The molecule has 0 amide bonds. The molecule has 2 heteroatoms. The molecular formula is C54H39NS. The Morgan fingerprint density at radius 3 is 1.62 bits per heavy atom.